The van der Waals surface area contributed by atoms with Gasteiger partial charge in [-0.15, -0.1) is 18.3 Å². The summed E-state index contributed by atoms with van der Waals surface area (Å²) in [6.07, 6.45) is 0.262. The molecule has 0 aliphatic carbocycles. The number of rotatable bonds is 8. The number of ether oxygens (including phenoxy) is 1. The predicted octanol–water partition coefficient (Wildman–Crippen LogP) is 3.59. The molecule has 2 unspecified atom stereocenters. The van der Waals surface area contributed by atoms with E-state index in [4.69, 9.17) is 9.16 Å². The molecule has 2 rings (SSSR count). The first kappa shape index (κ1) is 22.0. The van der Waals surface area contributed by atoms with Crippen molar-refractivity contribution in [1.29, 1.82) is 0 Å². The Labute approximate surface area is 167 Å². The fourth-order valence-corrected chi connectivity index (χ4v) is 6.28. The number of nitrogens with zero attached hydrogens (tertiary/aromatic N) is 1. The zero-order chi connectivity index (χ0) is 19.9. The molecule has 0 spiro atoms. The molecular formula is C18H31NO4S2Si. The van der Waals surface area contributed by atoms with Gasteiger partial charge in [-0.1, -0.05) is 26.8 Å². The summed E-state index contributed by atoms with van der Waals surface area (Å²) in [6, 6.07) is 0. The van der Waals surface area contributed by atoms with Gasteiger partial charge in [0.05, 0.1) is 24.3 Å². The lowest BCUT2D eigenvalue weighted by Gasteiger charge is -2.48. The molecule has 0 aromatic heterocycles. The first-order valence-corrected chi connectivity index (χ1v) is 13.3. The molecule has 1 fully saturated rings. The monoisotopic (exact) mass is 417 g/mol. The number of thiol groups is 1. The van der Waals surface area contributed by atoms with Gasteiger partial charge in [0, 0.05) is 10.7 Å². The van der Waals surface area contributed by atoms with Crippen LogP contribution in [0.5, 0.6) is 0 Å². The average Bonchev–Trinajstić information content (AvgIpc) is 2.85. The van der Waals surface area contributed by atoms with Gasteiger partial charge in [-0.05, 0) is 25.1 Å². The third-order valence-corrected chi connectivity index (χ3v) is 11.9. The van der Waals surface area contributed by atoms with Crippen molar-refractivity contribution in [3.63, 3.8) is 0 Å². The van der Waals surface area contributed by atoms with Crippen LogP contribution in [-0.4, -0.2) is 54.4 Å². The van der Waals surface area contributed by atoms with Crippen LogP contribution in [0.15, 0.2) is 23.3 Å². The number of β-lactam (4-membered cyclic amide) rings is 1. The Morgan fingerprint density at radius 2 is 2.08 bits per heavy atom. The second-order valence-electron chi connectivity index (χ2n) is 8.27. The molecule has 2 heterocycles. The van der Waals surface area contributed by atoms with Crippen LogP contribution < -0.4 is 0 Å². The maximum absolute atomic E-state index is 12.9. The van der Waals surface area contributed by atoms with Crippen molar-refractivity contribution < 1.29 is 19.1 Å². The number of carbonyl (C=O) groups excluding carboxylic acids is 1. The van der Waals surface area contributed by atoms with Gasteiger partial charge >= 0.3 is 0 Å². The summed E-state index contributed by atoms with van der Waals surface area (Å²) in [5.74, 6) is 0.230. The van der Waals surface area contributed by atoms with Crippen LogP contribution in [-0.2, 0) is 14.0 Å². The normalized spacial score (nSPS) is 25.8. The van der Waals surface area contributed by atoms with Gasteiger partial charge in [-0.3, -0.25) is 9.69 Å². The molecule has 0 aromatic rings. The highest BCUT2D eigenvalue weighted by Crippen LogP contribution is 2.52. The summed E-state index contributed by atoms with van der Waals surface area (Å²) in [6.45, 7) is 16.8. The van der Waals surface area contributed by atoms with Crippen LogP contribution in [0, 0.1) is 5.92 Å². The zero-order valence-corrected chi connectivity index (χ0v) is 19.2. The van der Waals surface area contributed by atoms with Crippen LogP contribution in [0.4, 0.5) is 0 Å². The Morgan fingerprint density at radius 3 is 2.58 bits per heavy atom. The first-order valence-electron chi connectivity index (χ1n) is 8.88. The van der Waals surface area contributed by atoms with E-state index in [1.165, 1.54) is 0 Å². The van der Waals surface area contributed by atoms with E-state index in [-0.39, 0.29) is 34.9 Å². The van der Waals surface area contributed by atoms with Gasteiger partial charge in [0.2, 0.25) is 5.91 Å². The van der Waals surface area contributed by atoms with Crippen molar-refractivity contribution in [3.05, 3.63) is 23.3 Å². The van der Waals surface area contributed by atoms with Crippen molar-refractivity contribution in [3.8, 4) is 0 Å². The number of hydrogen-bond donors (Lipinski definition) is 2. The van der Waals surface area contributed by atoms with E-state index in [9.17, 15) is 9.90 Å². The van der Waals surface area contributed by atoms with Crippen LogP contribution in [0.3, 0.4) is 0 Å². The van der Waals surface area contributed by atoms with Gasteiger partial charge < -0.3 is 14.3 Å². The molecule has 0 radical (unpaired) electrons. The van der Waals surface area contributed by atoms with Crippen molar-refractivity contribution >= 4 is 38.6 Å². The lowest BCUT2D eigenvalue weighted by Crippen LogP contribution is -2.63. The molecule has 0 saturated carbocycles. The lowest BCUT2D eigenvalue weighted by molar-refractivity contribution is -0.158. The van der Waals surface area contributed by atoms with Crippen LogP contribution in [0.25, 0.3) is 0 Å². The smallest absolute Gasteiger partial charge is 0.236 e. The van der Waals surface area contributed by atoms with Gasteiger partial charge in [0.25, 0.3) is 0 Å². The van der Waals surface area contributed by atoms with Crippen LogP contribution in [0.1, 0.15) is 27.7 Å². The average molecular weight is 418 g/mol. The van der Waals surface area contributed by atoms with Gasteiger partial charge in [-0.25, -0.2) is 0 Å². The van der Waals surface area contributed by atoms with Crippen molar-refractivity contribution in [2.45, 2.75) is 63.6 Å². The Kier molecular flexibility index (Phi) is 6.79. The van der Waals surface area contributed by atoms with E-state index in [0.29, 0.717) is 11.4 Å². The van der Waals surface area contributed by atoms with E-state index in [0.717, 1.165) is 4.91 Å². The summed E-state index contributed by atoms with van der Waals surface area (Å²) in [5, 5.41) is 10.4. The SMILES string of the molecule is C=CCOC(O)C1=C(CS)SC2[C@@H]([C@@H](C)O[Si](C)(C)C(C)(C)C)C(=O)N12. The number of fused-ring (bicyclic) bond motifs is 1. The van der Waals surface area contributed by atoms with Crippen LogP contribution >= 0.6 is 24.4 Å². The minimum atomic E-state index is -1.96. The van der Waals surface area contributed by atoms with Gasteiger partial charge in [0.15, 0.2) is 14.6 Å². The number of hydrogen-bond acceptors (Lipinski definition) is 6. The second kappa shape index (κ2) is 8.01. The molecule has 26 heavy (non-hydrogen) atoms. The fourth-order valence-electron chi connectivity index (χ4n) is 2.97. The summed E-state index contributed by atoms with van der Waals surface area (Å²) in [5.41, 5.74) is 0.526. The van der Waals surface area contributed by atoms with Gasteiger partial charge in [0.1, 0.15) is 5.37 Å². The van der Waals surface area contributed by atoms with E-state index in [1.807, 2.05) is 6.92 Å². The predicted molar refractivity (Wildman–Crippen MR) is 112 cm³/mol. The Morgan fingerprint density at radius 1 is 1.46 bits per heavy atom. The Hall–Kier alpha value is -0.253. The molecule has 0 bridgehead atoms. The maximum Gasteiger partial charge on any atom is 0.236 e. The number of aliphatic hydroxyl groups excluding tert-OH is 1. The second-order valence-corrected chi connectivity index (χ2v) is 14.6. The summed E-state index contributed by atoms with van der Waals surface area (Å²) in [7, 11) is -1.96. The van der Waals surface area contributed by atoms with E-state index >= 15 is 0 Å². The lowest BCUT2D eigenvalue weighted by atomic mass is 9.92. The number of carbonyl (C=O) groups is 1. The molecule has 8 heteroatoms. The molecule has 5 nitrogen and oxygen atoms in total. The summed E-state index contributed by atoms with van der Waals surface area (Å²) in [4.78, 5) is 15.4. The standard InChI is InChI=1S/C18H31NO4S2Si/c1-8-9-22-17(21)14-12(10-24)25-16-13(15(20)19(14)16)11(2)23-26(6,7)18(3,4)5/h8,11,13,16-17,21,24H,1,9-10H2,2-7H3/t11-,13+,16?,17?/m1/s1. The van der Waals surface area contributed by atoms with Crippen LogP contribution in [0.2, 0.25) is 18.1 Å². The highest BCUT2D eigenvalue weighted by atomic mass is 32.2. The molecule has 2 aliphatic rings. The number of amides is 1. The molecular weight excluding hydrogens is 386 g/mol. The summed E-state index contributed by atoms with van der Waals surface area (Å²) >= 11 is 5.94. The molecule has 148 valence electrons. The molecule has 4 atom stereocenters. The maximum atomic E-state index is 12.9. The van der Waals surface area contributed by atoms with Crippen molar-refractivity contribution in [2.75, 3.05) is 12.4 Å². The minimum Gasteiger partial charge on any atom is -0.413 e. The Bertz CT molecular complexity index is 602. The minimum absolute atomic E-state index is 0.0123. The van der Waals surface area contributed by atoms with Crippen molar-refractivity contribution in [1.82, 2.24) is 4.90 Å². The first-order chi connectivity index (χ1) is 12.0. The van der Waals surface area contributed by atoms with E-state index in [1.54, 1.807) is 22.7 Å². The topological polar surface area (TPSA) is 59.0 Å². The number of aliphatic hydroxyl groups is 1. The Balaban J connectivity index is 2.13. The highest BCUT2D eigenvalue weighted by Gasteiger charge is 2.58. The van der Waals surface area contributed by atoms with Gasteiger partial charge in [-0.2, -0.15) is 12.6 Å². The molecule has 1 N–H and O–H groups in total. The molecule has 0 aromatic carbocycles. The fraction of sp³-hybridized carbons (Fsp3) is 0.722. The molecule has 2 aliphatic heterocycles. The van der Waals surface area contributed by atoms with E-state index in [2.05, 4.69) is 53.1 Å². The zero-order valence-electron chi connectivity index (χ0n) is 16.5. The largest absolute Gasteiger partial charge is 0.413 e. The quantitative estimate of drug-likeness (QED) is 0.208. The van der Waals surface area contributed by atoms with E-state index < -0.39 is 14.6 Å². The highest BCUT2D eigenvalue weighted by molar-refractivity contribution is 8.04. The third kappa shape index (κ3) is 3.95. The van der Waals surface area contributed by atoms with Crippen molar-refractivity contribution in [2.24, 2.45) is 5.92 Å². The third-order valence-electron chi connectivity index (χ3n) is 5.43. The molecule has 1 saturated heterocycles. The summed E-state index contributed by atoms with van der Waals surface area (Å²) < 4.78 is 11.8. The molecule has 1 amide bonds. The number of thioether (sulfide) groups is 1.